The van der Waals surface area contributed by atoms with E-state index in [1.165, 1.54) is 0 Å². The lowest BCUT2D eigenvalue weighted by Crippen LogP contribution is -2.46. The summed E-state index contributed by atoms with van der Waals surface area (Å²) in [7, 11) is 1.56. The van der Waals surface area contributed by atoms with Crippen LogP contribution in [0, 0.1) is 0 Å². The summed E-state index contributed by atoms with van der Waals surface area (Å²) in [4.78, 5) is 26.4. The lowest BCUT2D eigenvalue weighted by Gasteiger charge is -2.28. The minimum Gasteiger partial charge on any atom is -0.494 e. The lowest BCUT2D eigenvalue weighted by atomic mass is 10.1. The number of hydrogen-bond donors (Lipinski definition) is 1. The van der Waals surface area contributed by atoms with E-state index in [4.69, 9.17) is 27.9 Å². The van der Waals surface area contributed by atoms with Crippen molar-refractivity contribution in [2.45, 2.75) is 32.4 Å². The monoisotopic (exact) mass is 422 g/mol. The molecule has 5 nitrogen and oxygen atoms in total. The van der Waals surface area contributed by atoms with E-state index in [1.54, 1.807) is 55.3 Å². The number of nitrogens with one attached hydrogen (secondary N) is 1. The molecule has 0 aliphatic carbocycles. The standard InChI is InChI=1S/C21H24Cl2N2O3/c1-15(21(27)24-2)25(14-16-5-7-17(22)8-6-16)20(26)4-3-13-28-19-11-9-18(23)10-12-19/h5-12,15H,3-4,13-14H2,1-2H3,(H,24,27). The minimum atomic E-state index is -0.578. The van der Waals surface area contributed by atoms with Crippen LogP contribution in [0.25, 0.3) is 0 Å². The first-order chi connectivity index (χ1) is 13.4. The van der Waals surface area contributed by atoms with E-state index >= 15 is 0 Å². The summed E-state index contributed by atoms with van der Waals surface area (Å²) >= 11 is 11.8. The van der Waals surface area contributed by atoms with E-state index in [9.17, 15) is 9.59 Å². The molecule has 0 bridgehead atoms. The first kappa shape index (κ1) is 22.1. The molecule has 2 aromatic carbocycles. The normalized spacial score (nSPS) is 11.6. The highest BCUT2D eigenvalue weighted by molar-refractivity contribution is 6.30. The van der Waals surface area contributed by atoms with Crippen LogP contribution in [-0.4, -0.2) is 36.4 Å². The van der Waals surface area contributed by atoms with Gasteiger partial charge in [0.05, 0.1) is 6.61 Å². The summed E-state index contributed by atoms with van der Waals surface area (Å²) in [5.41, 5.74) is 0.908. The zero-order valence-electron chi connectivity index (χ0n) is 16.0. The van der Waals surface area contributed by atoms with E-state index in [0.29, 0.717) is 35.4 Å². The number of carbonyl (C=O) groups is 2. The Morgan fingerprint density at radius 1 is 1.04 bits per heavy atom. The van der Waals surface area contributed by atoms with Crippen molar-refractivity contribution in [2.24, 2.45) is 0 Å². The van der Waals surface area contributed by atoms with Gasteiger partial charge in [-0.15, -0.1) is 0 Å². The van der Waals surface area contributed by atoms with Crippen LogP contribution < -0.4 is 10.1 Å². The Hall–Kier alpha value is -2.24. The number of halogens is 2. The number of hydrogen-bond acceptors (Lipinski definition) is 3. The van der Waals surface area contributed by atoms with Crippen molar-refractivity contribution >= 4 is 35.0 Å². The number of likely N-dealkylation sites (N-methyl/N-ethyl adjacent to an activating group) is 1. The van der Waals surface area contributed by atoms with Crippen LogP contribution in [0.4, 0.5) is 0 Å². The van der Waals surface area contributed by atoms with Crippen LogP contribution in [0.15, 0.2) is 48.5 Å². The summed E-state index contributed by atoms with van der Waals surface area (Å²) in [6.07, 6.45) is 0.821. The summed E-state index contributed by atoms with van der Waals surface area (Å²) in [6.45, 7) is 2.45. The molecule has 0 heterocycles. The van der Waals surface area contributed by atoms with Gasteiger partial charge in [0.15, 0.2) is 0 Å². The first-order valence-corrected chi connectivity index (χ1v) is 9.80. The number of benzene rings is 2. The molecule has 0 aromatic heterocycles. The van der Waals surface area contributed by atoms with Crippen molar-refractivity contribution in [3.8, 4) is 5.75 Å². The Bertz CT molecular complexity index is 779. The average Bonchev–Trinajstić information content (AvgIpc) is 2.70. The van der Waals surface area contributed by atoms with Gasteiger partial charge in [-0.2, -0.15) is 0 Å². The molecule has 0 saturated carbocycles. The number of carbonyl (C=O) groups excluding carboxylic acids is 2. The molecular formula is C21H24Cl2N2O3. The van der Waals surface area contributed by atoms with E-state index in [2.05, 4.69) is 5.32 Å². The van der Waals surface area contributed by atoms with Gasteiger partial charge in [-0.1, -0.05) is 35.3 Å². The third-order valence-corrected chi connectivity index (χ3v) is 4.80. The Morgan fingerprint density at radius 2 is 1.61 bits per heavy atom. The summed E-state index contributed by atoms with van der Waals surface area (Å²) in [6, 6.07) is 13.7. The quantitative estimate of drug-likeness (QED) is 0.612. The first-order valence-electron chi connectivity index (χ1n) is 9.04. The number of amides is 2. The average molecular weight is 423 g/mol. The summed E-state index contributed by atoms with van der Waals surface area (Å²) < 4.78 is 5.63. The van der Waals surface area contributed by atoms with Gasteiger partial charge in [0.2, 0.25) is 11.8 Å². The van der Waals surface area contributed by atoms with E-state index in [-0.39, 0.29) is 18.2 Å². The van der Waals surface area contributed by atoms with Crippen molar-refractivity contribution in [1.29, 1.82) is 0 Å². The second-order valence-corrected chi connectivity index (χ2v) is 7.22. The van der Waals surface area contributed by atoms with Gasteiger partial charge in [-0.3, -0.25) is 9.59 Å². The molecule has 0 fully saturated rings. The van der Waals surface area contributed by atoms with Gasteiger partial charge in [0.25, 0.3) is 0 Å². The van der Waals surface area contributed by atoms with Crippen molar-refractivity contribution in [1.82, 2.24) is 10.2 Å². The minimum absolute atomic E-state index is 0.106. The molecule has 0 spiro atoms. The zero-order chi connectivity index (χ0) is 20.5. The third-order valence-electron chi connectivity index (χ3n) is 4.30. The third kappa shape index (κ3) is 6.73. The van der Waals surface area contributed by atoms with Gasteiger partial charge >= 0.3 is 0 Å². The molecule has 2 amide bonds. The molecule has 1 atom stereocenters. The fourth-order valence-electron chi connectivity index (χ4n) is 2.67. The molecule has 0 saturated heterocycles. The topological polar surface area (TPSA) is 58.6 Å². The molecule has 2 aromatic rings. The molecule has 150 valence electrons. The SMILES string of the molecule is CNC(=O)C(C)N(Cc1ccc(Cl)cc1)C(=O)CCCOc1ccc(Cl)cc1. The maximum absolute atomic E-state index is 12.8. The number of rotatable bonds is 9. The molecular weight excluding hydrogens is 399 g/mol. The molecule has 7 heteroatoms. The van der Waals surface area contributed by atoms with E-state index in [0.717, 1.165) is 5.56 Å². The molecule has 2 rings (SSSR count). The summed E-state index contributed by atoms with van der Waals surface area (Å²) in [5.74, 6) is 0.388. The van der Waals surface area contributed by atoms with Gasteiger partial charge < -0.3 is 15.0 Å². The zero-order valence-corrected chi connectivity index (χ0v) is 17.5. The fourth-order valence-corrected chi connectivity index (χ4v) is 2.92. The molecule has 0 aliphatic rings. The number of nitrogens with zero attached hydrogens (tertiary/aromatic N) is 1. The van der Waals surface area contributed by atoms with Crippen molar-refractivity contribution in [3.63, 3.8) is 0 Å². The van der Waals surface area contributed by atoms with Crippen LogP contribution in [0.5, 0.6) is 5.75 Å². The highest BCUT2D eigenvalue weighted by Gasteiger charge is 2.25. The van der Waals surface area contributed by atoms with Gasteiger partial charge in [-0.05, 0) is 55.3 Å². The maximum atomic E-state index is 12.8. The molecule has 1 N–H and O–H groups in total. The van der Waals surface area contributed by atoms with Crippen molar-refractivity contribution < 1.29 is 14.3 Å². The van der Waals surface area contributed by atoms with Crippen molar-refractivity contribution in [2.75, 3.05) is 13.7 Å². The second kappa shape index (κ2) is 10.9. The fraction of sp³-hybridized carbons (Fsp3) is 0.333. The summed E-state index contributed by atoms with van der Waals surface area (Å²) in [5, 5.41) is 3.87. The Morgan fingerprint density at radius 3 is 2.18 bits per heavy atom. The molecule has 0 radical (unpaired) electrons. The van der Waals surface area contributed by atoms with Crippen LogP contribution in [-0.2, 0) is 16.1 Å². The molecule has 28 heavy (non-hydrogen) atoms. The Kier molecular flexibility index (Phi) is 8.61. The highest BCUT2D eigenvalue weighted by atomic mass is 35.5. The van der Waals surface area contributed by atoms with Gasteiger partial charge in [-0.25, -0.2) is 0 Å². The van der Waals surface area contributed by atoms with Crippen LogP contribution in [0.2, 0.25) is 10.0 Å². The van der Waals surface area contributed by atoms with E-state index < -0.39 is 6.04 Å². The smallest absolute Gasteiger partial charge is 0.242 e. The molecule has 1 unspecified atom stereocenters. The van der Waals surface area contributed by atoms with Crippen LogP contribution >= 0.6 is 23.2 Å². The predicted octanol–water partition coefficient (Wildman–Crippen LogP) is 4.32. The maximum Gasteiger partial charge on any atom is 0.242 e. The van der Waals surface area contributed by atoms with Crippen LogP contribution in [0.1, 0.15) is 25.3 Å². The van der Waals surface area contributed by atoms with Crippen LogP contribution in [0.3, 0.4) is 0 Å². The number of ether oxygens (including phenoxy) is 1. The van der Waals surface area contributed by atoms with Crippen molar-refractivity contribution in [3.05, 3.63) is 64.1 Å². The predicted molar refractivity (Wildman–Crippen MR) is 112 cm³/mol. The van der Waals surface area contributed by atoms with Gasteiger partial charge in [0, 0.05) is 30.1 Å². The van der Waals surface area contributed by atoms with Gasteiger partial charge in [0.1, 0.15) is 11.8 Å². The molecule has 0 aliphatic heterocycles. The Balaban J connectivity index is 1.94. The van der Waals surface area contributed by atoms with E-state index in [1.807, 2.05) is 12.1 Å². The lowest BCUT2D eigenvalue weighted by molar-refractivity contribution is -0.140. The highest BCUT2D eigenvalue weighted by Crippen LogP contribution is 2.17. The Labute approximate surface area is 175 Å². The largest absolute Gasteiger partial charge is 0.494 e. The second-order valence-electron chi connectivity index (χ2n) is 6.34.